The lowest BCUT2D eigenvalue weighted by Crippen LogP contribution is -2.15. The molecule has 0 saturated carbocycles. The smallest absolute Gasteiger partial charge is 0.129 e. The van der Waals surface area contributed by atoms with Gasteiger partial charge in [-0.05, 0) is 54.9 Å². The number of aryl methyl sites for hydroxylation is 1. The fourth-order valence-corrected chi connectivity index (χ4v) is 2.56. The molecule has 0 spiro atoms. The third-order valence-electron chi connectivity index (χ3n) is 3.50. The highest BCUT2D eigenvalue weighted by Gasteiger charge is 2.26. The lowest BCUT2D eigenvalue weighted by Gasteiger charge is -2.29. The molecule has 0 heterocycles. The Morgan fingerprint density at radius 1 is 1.33 bits per heavy atom. The van der Waals surface area contributed by atoms with Crippen LogP contribution in [0.1, 0.15) is 54.0 Å². The summed E-state index contributed by atoms with van der Waals surface area (Å²) < 4.78 is 13.7. The van der Waals surface area contributed by atoms with E-state index in [9.17, 15) is 9.50 Å². The van der Waals surface area contributed by atoms with E-state index in [0.29, 0.717) is 17.0 Å². The van der Waals surface area contributed by atoms with Gasteiger partial charge in [-0.15, -0.1) is 0 Å². The van der Waals surface area contributed by atoms with Gasteiger partial charge in [0.25, 0.3) is 0 Å². The topological polar surface area (TPSA) is 20.2 Å². The first-order valence-corrected chi connectivity index (χ1v) is 5.50. The first-order valence-electron chi connectivity index (χ1n) is 5.50. The fourth-order valence-electron chi connectivity index (χ4n) is 2.56. The number of rotatable bonds is 0. The van der Waals surface area contributed by atoms with E-state index in [2.05, 4.69) is 6.92 Å². The van der Waals surface area contributed by atoms with Crippen molar-refractivity contribution in [2.75, 3.05) is 0 Å². The maximum absolute atomic E-state index is 13.7. The van der Waals surface area contributed by atoms with Gasteiger partial charge in [0.05, 0.1) is 6.10 Å². The maximum Gasteiger partial charge on any atom is 0.129 e. The van der Waals surface area contributed by atoms with Gasteiger partial charge < -0.3 is 5.11 Å². The molecule has 0 fully saturated rings. The molecule has 15 heavy (non-hydrogen) atoms. The quantitative estimate of drug-likeness (QED) is 0.693. The van der Waals surface area contributed by atoms with Crippen LogP contribution in [0, 0.1) is 19.7 Å². The molecule has 2 unspecified atom stereocenters. The van der Waals surface area contributed by atoms with E-state index in [-0.39, 0.29) is 5.82 Å². The fraction of sp³-hybridized carbons (Fsp3) is 0.538. The summed E-state index contributed by atoms with van der Waals surface area (Å²) in [5.41, 5.74) is 3.28. The van der Waals surface area contributed by atoms with Crippen molar-refractivity contribution in [2.45, 2.75) is 45.6 Å². The Morgan fingerprint density at radius 2 is 2.00 bits per heavy atom. The molecular formula is C13H17FO. The van der Waals surface area contributed by atoms with Gasteiger partial charge in [0.2, 0.25) is 0 Å². The second-order valence-corrected chi connectivity index (χ2v) is 4.63. The molecule has 2 atom stereocenters. The van der Waals surface area contributed by atoms with Crippen LogP contribution in [-0.2, 0) is 0 Å². The summed E-state index contributed by atoms with van der Waals surface area (Å²) in [5.74, 6) is 0.267. The van der Waals surface area contributed by atoms with Crippen molar-refractivity contribution in [3.8, 4) is 0 Å². The summed E-state index contributed by atoms with van der Waals surface area (Å²) in [5, 5.41) is 9.91. The summed E-state index contributed by atoms with van der Waals surface area (Å²) in [7, 11) is 0. The van der Waals surface area contributed by atoms with Crippen molar-refractivity contribution >= 4 is 0 Å². The van der Waals surface area contributed by atoms with E-state index in [1.807, 2.05) is 6.07 Å². The first-order chi connectivity index (χ1) is 7.02. The Bertz CT molecular complexity index is 398. The molecule has 1 aromatic rings. The molecule has 0 saturated heterocycles. The standard InChI is InChI=1S/C13H17FO/c1-7-4-5-11(15)12-9(3)13(14)8(2)6-10(7)12/h6-7,11,15H,4-5H2,1-3H3. The van der Waals surface area contributed by atoms with Gasteiger partial charge in [0.1, 0.15) is 5.82 Å². The highest BCUT2D eigenvalue weighted by Crippen LogP contribution is 2.40. The van der Waals surface area contributed by atoms with Crippen LogP contribution in [0.4, 0.5) is 4.39 Å². The second-order valence-electron chi connectivity index (χ2n) is 4.63. The molecule has 2 heteroatoms. The highest BCUT2D eigenvalue weighted by molar-refractivity contribution is 5.44. The Morgan fingerprint density at radius 3 is 2.67 bits per heavy atom. The van der Waals surface area contributed by atoms with E-state index in [4.69, 9.17) is 0 Å². The normalized spacial score (nSPS) is 25.1. The van der Waals surface area contributed by atoms with Crippen LogP contribution in [0.3, 0.4) is 0 Å². The Hall–Kier alpha value is -0.890. The molecule has 1 N–H and O–H groups in total. The van der Waals surface area contributed by atoms with Crippen molar-refractivity contribution in [1.82, 2.24) is 0 Å². The summed E-state index contributed by atoms with van der Waals surface area (Å²) in [6.07, 6.45) is 1.25. The molecule has 1 aliphatic carbocycles. The monoisotopic (exact) mass is 208 g/mol. The van der Waals surface area contributed by atoms with Crippen molar-refractivity contribution < 1.29 is 9.50 Å². The number of fused-ring (bicyclic) bond motifs is 1. The average molecular weight is 208 g/mol. The number of hydrogen-bond donors (Lipinski definition) is 1. The predicted molar refractivity (Wildman–Crippen MR) is 58.5 cm³/mol. The second kappa shape index (κ2) is 3.60. The molecule has 82 valence electrons. The lowest BCUT2D eigenvalue weighted by molar-refractivity contribution is 0.150. The van der Waals surface area contributed by atoms with Crippen LogP contribution in [0.5, 0.6) is 0 Å². The van der Waals surface area contributed by atoms with Crippen LogP contribution in [-0.4, -0.2) is 5.11 Å². The summed E-state index contributed by atoms with van der Waals surface area (Å²) in [6.45, 7) is 5.69. The van der Waals surface area contributed by atoms with Crippen LogP contribution in [0.25, 0.3) is 0 Å². The Labute approximate surface area is 89.9 Å². The van der Waals surface area contributed by atoms with Crippen LogP contribution in [0.2, 0.25) is 0 Å². The molecule has 2 rings (SSSR count). The molecule has 0 aromatic heterocycles. The summed E-state index contributed by atoms with van der Waals surface area (Å²) in [6, 6.07) is 1.89. The minimum Gasteiger partial charge on any atom is -0.388 e. The summed E-state index contributed by atoms with van der Waals surface area (Å²) in [4.78, 5) is 0. The van der Waals surface area contributed by atoms with Gasteiger partial charge in [-0.1, -0.05) is 13.0 Å². The molecule has 0 amide bonds. The van der Waals surface area contributed by atoms with Crippen molar-refractivity contribution in [1.29, 1.82) is 0 Å². The zero-order chi connectivity index (χ0) is 11.2. The van der Waals surface area contributed by atoms with Gasteiger partial charge in [-0.25, -0.2) is 4.39 Å². The molecule has 0 radical (unpaired) electrons. The average Bonchev–Trinajstić information content (AvgIpc) is 2.20. The number of aliphatic hydroxyl groups excluding tert-OH is 1. The van der Waals surface area contributed by atoms with Crippen LogP contribution >= 0.6 is 0 Å². The molecule has 0 aliphatic heterocycles. The van der Waals surface area contributed by atoms with Gasteiger partial charge in [0.15, 0.2) is 0 Å². The van der Waals surface area contributed by atoms with Gasteiger partial charge >= 0.3 is 0 Å². The van der Waals surface area contributed by atoms with Gasteiger partial charge in [0, 0.05) is 0 Å². The van der Waals surface area contributed by atoms with Crippen LogP contribution < -0.4 is 0 Å². The third kappa shape index (κ3) is 1.57. The number of halogens is 1. The third-order valence-corrected chi connectivity index (χ3v) is 3.50. The Kier molecular flexibility index (Phi) is 2.55. The zero-order valence-electron chi connectivity index (χ0n) is 9.47. The predicted octanol–water partition coefficient (Wildman–Crippen LogP) is 3.37. The van der Waals surface area contributed by atoms with E-state index >= 15 is 0 Å². The molecule has 1 nitrogen and oxygen atoms in total. The van der Waals surface area contributed by atoms with E-state index < -0.39 is 6.10 Å². The van der Waals surface area contributed by atoms with Crippen molar-refractivity contribution in [3.63, 3.8) is 0 Å². The minimum absolute atomic E-state index is 0.165. The number of hydrogen-bond acceptors (Lipinski definition) is 1. The molecule has 0 bridgehead atoms. The SMILES string of the molecule is Cc1cc2c(c(C)c1F)C(O)CCC2C. The Balaban J connectivity index is 2.68. The maximum atomic E-state index is 13.7. The molecular weight excluding hydrogens is 191 g/mol. The van der Waals surface area contributed by atoms with Gasteiger partial charge in [-0.2, -0.15) is 0 Å². The highest BCUT2D eigenvalue weighted by atomic mass is 19.1. The summed E-state index contributed by atoms with van der Waals surface area (Å²) >= 11 is 0. The van der Waals surface area contributed by atoms with E-state index in [0.717, 1.165) is 24.0 Å². The van der Waals surface area contributed by atoms with Gasteiger partial charge in [-0.3, -0.25) is 0 Å². The molecule has 1 aromatic carbocycles. The lowest BCUT2D eigenvalue weighted by atomic mass is 9.79. The van der Waals surface area contributed by atoms with Crippen molar-refractivity contribution in [2.24, 2.45) is 0 Å². The zero-order valence-corrected chi connectivity index (χ0v) is 9.47. The largest absolute Gasteiger partial charge is 0.388 e. The molecule has 1 aliphatic rings. The van der Waals surface area contributed by atoms with Crippen molar-refractivity contribution in [3.05, 3.63) is 34.1 Å². The first kappa shape index (κ1) is 10.6. The van der Waals surface area contributed by atoms with E-state index in [1.165, 1.54) is 0 Å². The van der Waals surface area contributed by atoms with Crippen LogP contribution in [0.15, 0.2) is 6.07 Å². The number of benzene rings is 1. The minimum atomic E-state index is -0.480. The number of aliphatic hydroxyl groups is 1. The van der Waals surface area contributed by atoms with E-state index in [1.54, 1.807) is 13.8 Å².